The molecule has 0 radical (unpaired) electrons. The fourth-order valence-corrected chi connectivity index (χ4v) is 2.07. The maximum atomic E-state index is 9.75. The van der Waals surface area contributed by atoms with E-state index in [-0.39, 0.29) is 18.2 Å². The van der Waals surface area contributed by atoms with Gasteiger partial charge in [-0.25, -0.2) is 0 Å². The van der Waals surface area contributed by atoms with Gasteiger partial charge in [0.15, 0.2) is 0 Å². The average molecular weight is 195 g/mol. The third-order valence-electron chi connectivity index (χ3n) is 2.92. The lowest BCUT2D eigenvalue weighted by Crippen LogP contribution is -2.46. The molecule has 0 aromatic heterocycles. The van der Waals surface area contributed by atoms with Crippen molar-refractivity contribution in [3.05, 3.63) is 0 Å². The van der Waals surface area contributed by atoms with Gasteiger partial charge in [-0.3, -0.25) is 5.32 Å². The van der Waals surface area contributed by atoms with Gasteiger partial charge < -0.3 is 5.11 Å². The smallest absolute Gasteiger partial charge is 0.0693 e. The standard InChI is InChI=1S/C12H21NO/c1-3-7-10(4-2)13-11-8-5-6-9-12(11)14/h2,10-14H,3,5-9H2,1H3. The molecule has 2 heteroatoms. The second kappa shape index (κ2) is 6.06. The maximum absolute atomic E-state index is 9.75. The van der Waals surface area contributed by atoms with Gasteiger partial charge in [0.25, 0.3) is 0 Å². The van der Waals surface area contributed by atoms with Crippen molar-refractivity contribution in [1.82, 2.24) is 5.32 Å². The van der Waals surface area contributed by atoms with E-state index in [0.29, 0.717) is 0 Å². The Hall–Kier alpha value is -0.520. The molecule has 0 aromatic carbocycles. The van der Waals surface area contributed by atoms with Gasteiger partial charge in [0.1, 0.15) is 0 Å². The lowest BCUT2D eigenvalue weighted by atomic mass is 9.92. The molecule has 2 N–H and O–H groups in total. The zero-order chi connectivity index (χ0) is 10.4. The molecule has 1 fully saturated rings. The van der Waals surface area contributed by atoms with Gasteiger partial charge in [-0.05, 0) is 19.3 Å². The molecule has 80 valence electrons. The molecule has 2 nitrogen and oxygen atoms in total. The minimum atomic E-state index is -0.198. The summed E-state index contributed by atoms with van der Waals surface area (Å²) in [5.74, 6) is 2.75. The maximum Gasteiger partial charge on any atom is 0.0693 e. The van der Waals surface area contributed by atoms with Crippen molar-refractivity contribution >= 4 is 0 Å². The Morgan fingerprint density at radius 1 is 1.50 bits per heavy atom. The van der Waals surface area contributed by atoms with Crippen LogP contribution in [0.2, 0.25) is 0 Å². The number of rotatable bonds is 4. The first-order valence-electron chi connectivity index (χ1n) is 5.68. The van der Waals surface area contributed by atoms with Crippen LogP contribution in [-0.2, 0) is 0 Å². The first-order chi connectivity index (χ1) is 6.77. The number of hydrogen-bond acceptors (Lipinski definition) is 2. The van der Waals surface area contributed by atoms with Crippen LogP contribution in [0.5, 0.6) is 0 Å². The molecule has 0 amide bonds. The fraction of sp³-hybridized carbons (Fsp3) is 0.833. The van der Waals surface area contributed by atoms with E-state index in [9.17, 15) is 5.11 Å². The van der Waals surface area contributed by atoms with E-state index < -0.39 is 0 Å². The van der Waals surface area contributed by atoms with Crippen LogP contribution in [-0.4, -0.2) is 23.3 Å². The summed E-state index contributed by atoms with van der Waals surface area (Å²) in [7, 11) is 0. The highest BCUT2D eigenvalue weighted by Gasteiger charge is 2.24. The van der Waals surface area contributed by atoms with Crippen molar-refractivity contribution in [2.45, 2.75) is 63.6 Å². The molecule has 1 aliphatic carbocycles. The van der Waals surface area contributed by atoms with E-state index in [0.717, 1.165) is 32.1 Å². The first kappa shape index (κ1) is 11.6. The topological polar surface area (TPSA) is 32.3 Å². The van der Waals surface area contributed by atoms with E-state index in [1.165, 1.54) is 6.42 Å². The summed E-state index contributed by atoms with van der Waals surface area (Å²) >= 11 is 0. The molecule has 0 bridgehead atoms. The van der Waals surface area contributed by atoms with Gasteiger partial charge >= 0.3 is 0 Å². The van der Waals surface area contributed by atoms with E-state index in [4.69, 9.17) is 6.42 Å². The lowest BCUT2D eigenvalue weighted by molar-refractivity contribution is 0.0876. The average Bonchev–Trinajstić information content (AvgIpc) is 2.20. The molecule has 14 heavy (non-hydrogen) atoms. The summed E-state index contributed by atoms with van der Waals surface area (Å²) in [6.07, 6.45) is 11.6. The van der Waals surface area contributed by atoms with E-state index in [1.54, 1.807) is 0 Å². The van der Waals surface area contributed by atoms with Crippen molar-refractivity contribution in [2.75, 3.05) is 0 Å². The molecule has 3 atom stereocenters. The van der Waals surface area contributed by atoms with Crippen molar-refractivity contribution in [3.8, 4) is 12.3 Å². The molecule has 0 heterocycles. The predicted octanol–water partition coefficient (Wildman–Crippen LogP) is 1.68. The third kappa shape index (κ3) is 3.32. The monoisotopic (exact) mass is 195 g/mol. The van der Waals surface area contributed by atoms with Gasteiger partial charge in [-0.15, -0.1) is 6.42 Å². The Morgan fingerprint density at radius 2 is 2.21 bits per heavy atom. The first-order valence-corrected chi connectivity index (χ1v) is 5.68. The zero-order valence-corrected chi connectivity index (χ0v) is 9.00. The second-order valence-corrected chi connectivity index (χ2v) is 4.13. The van der Waals surface area contributed by atoms with Crippen LogP contribution in [0.1, 0.15) is 45.4 Å². The Labute approximate surface area is 87.1 Å². The van der Waals surface area contributed by atoms with Gasteiger partial charge in [-0.1, -0.05) is 32.1 Å². The summed E-state index contributed by atoms with van der Waals surface area (Å²) in [6.45, 7) is 2.13. The van der Waals surface area contributed by atoms with Crippen molar-refractivity contribution in [2.24, 2.45) is 0 Å². The van der Waals surface area contributed by atoms with E-state index in [2.05, 4.69) is 18.2 Å². The minimum absolute atomic E-state index is 0.137. The Bertz CT molecular complexity index is 197. The molecule has 3 unspecified atom stereocenters. The summed E-state index contributed by atoms with van der Waals surface area (Å²) in [6, 6.07) is 0.356. The summed E-state index contributed by atoms with van der Waals surface area (Å²) in [4.78, 5) is 0. The quantitative estimate of drug-likeness (QED) is 0.669. The molecule has 0 saturated heterocycles. The Balaban J connectivity index is 2.36. The molecule has 0 spiro atoms. The van der Waals surface area contributed by atoms with Crippen LogP contribution in [0.4, 0.5) is 0 Å². The SMILES string of the molecule is C#CC(CCC)NC1CCCCC1O. The van der Waals surface area contributed by atoms with Gasteiger partial charge in [0, 0.05) is 6.04 Å². The molecular weight excluding hydrogens is 174 g/mol. The van der Waals surface area contributed by atoms with Gasteiger partial charge in [0.05, 0.1) is 12.1 Å². The third-order valence-corrected chi connectivity index (χ3v) is 2.92. The van der Waals surface area contributed by atoms with Crippen LogP contribution in [0.25, 0.3) is 0 Å². The van der Waals surface area contributed by atoms with Crippen LogP contribution < -0.4 is 5.32 Å². The highest BCUT2D eigenvalue weighted by Crippen LogP contribution is 2.19. The molecule has 1 aliphatic rings. The molecule has 0 aliphatic heterocycles. The Kier molecular flexibility index (Phi) is 5.00. The predicted molar refractivity (Wildman–Crippen MR) is 58.9 cm³/mol. The highest BCUT2D eigenvalue weighted by molar-refractivity contribution is 5.00. The molecule has 1 saturated carbocycles. The van der Waals surface area contributed by atoms with Crippen molar-refractivity contribution in [3.63, 3.8) is 0 Å². The summed E-state index contributed by atoms with van der Waals surface area (Å²) < 4.78 is 0. The van der Waals surface area contributed by atoms with Crippen LogP contribution >= 0.6 is 0 Å². The van der Waals surface area contributed by atoms with Gasteiger partial charge in [-0.2, -0.15) is 0 Å². The Morgan fingerprint density at radius 3 is 2.79 bits per heavy atom. The van der Waals surface area contributed by atoms with E-state index in [1.807, 2.05) is 0 Å². The molecule has 1 rings (SSSR count). The van der Waals surface area contributed by atoms with E-state index >= 15 is 0 Å². The number of aliphatic hydroxyl groups excluding tert-OH is 1. The number of nitrogens with one attached hydrogen (secondary N) is 1. The minimum Gasteiger partial charge on any atom is -0.392 e. The number of aliphatic hydroxyl groups is 1. The van der Waals surface area contributed by atoms with Crippen molar-refractivity contribution < 1.29 is 5.11 Å². The van der Waals surface area contributed by atoms with Gasteiger partial charge in [0.2, 0.25) is 0 Å². The lowest BCUT2D eigenvalue weighted by Gasteiger charge is -2.30. The van der Waals surface area contributed by atoms with Crippen LogP contribution in [0, 0.1) is 12.3 Å². The molecular formula is C12H21NO. The summed E-state index contributed by atoms with van der Waals surface area (Å²) in [5, 5.41) is 13.1. The van der Waals surface area contributed by atoms with Crippen LogP contribution in [0.15, 0.2) is 0 Å². The van der Waals surface area contributed by atoms with Crippen molar-refractivity contribution in [1.29, 1.82) is 0 Å². The highest BCUT2D eigenvalue weighted by atomic mass is 16.3. The largest absolute Gasteiger partial charge is 0.392 e. The zero-order valence-electron chi connectivity index (χ0n) is 9.00. The number of hydrogen-bond donors (Lipinski definition) is 2. The van der Waals surface area contributed by atoms with Crippen LogP contribution in [0.3, 0.4) is 0 Å². The summed E-state index contributed by atoms with van der Waals surface area (Å²) in [5.41, 5.74) is 0. The second-order valence-electron chi connectivity index (χ2n) is 4.13. The fourth-order valence-electron chi connectivity index (χ4n) is 2.07. The molecule has 0 aromatic rings. The number of terminal acetylenes is 1. The normalized spacial score (nSPS) is 29.5.